The number of anilines is 2. The van der Waals surface area contributed by atoms with Crippen molar-refractivity contribution in [3.8, 4) is 0 Å². The van der Waals surface area contributed by atoms with Crippen LogP contribution in [0, 0.1) is 0 Å². The number of amides is 1. The molecule has 0 spiro atoms. The van der Waals surface area contributed by atoms with E-state index in [0.717, 1.165) is 23.3 Å². The molecule has 3 heterocycles. The van der Waals surface area contributed by atoms with Crippen LogP contribution in [0.1, 0.15) is 31.2 Å². The number of nitrogens with one attached hydrogen (secondary N) is 2. The summed E-state index contributed by atoms with van der Waals surface area (Å²) in [5, 5.41) is 15.4. The van der Waals surface area contributed by atoms with Crippen LogP contribution in [0.5, 0.6) is 0 Å². The number of likely N-dealkylation sites (tertiary alicyclic amines) is 1. The molecular formula is C22H28N6O2. The van der Waals surface area contributed by atoms with Crippen molar-refractivity contribution in [2.45, 2.75) is 38.8 Å². The number of hydrogen-bond acceptors (Lipinski definition) is 5. The average molecular weight is 409 g/mol. The summed E-state index contributed by atoms with van der Waals surface area (Å²) in [7, 11) is 0. The molecule has 0 aliphatic carbocycles. The Bertz CT molecular complexity index is 996. The minimum Gasteiger partial charge on any atom is -0.465 e. The second-order valence-corrected chi connectivity index (χ2v) is 7.73. The van der Waals surface area contributed by atoms with Crippen LogP contribution in [-0.4, -0.2) is 50.3 Å². The Balaban J connectivity index is 1.42. The van der Waals surface area contributed by atoms with Crippen molar-refractivity contribution in [2.75, 3.05) is 25.0 Å². The molecule has 158 valence electrons. The van der Waals surface area contributed by atoms with Crippen molar-refractivity contribution in [1.29, 1.82) is 0 Å². The molecule has 0 bridgehead atoms. The lowest BCUT2D eigenvalue weighted by Crippen LogP contribution is -2.29. The van der Waals surface area contributed by atoms with E-state index in [0.29, 0.717) is 25.5 Å². The number of carbonyl (C=O) groups is 1. The van der Waals surface area contributed by atoms with Gasteiger partial charge >= 0.3 is 6.09 Å². The molecule has 30 heavy (non-hydrogen) atoms. The highest BCUT2D eigenvalue weighted by Gasteiger charge is 2.11. The molecule has 1 aliphatic rings. The van der Waals surface area contributed by atoms with E-state index >= 15 is 0 Å². The van der Waals surface area contributed by atoms with Gasteiger partial charge < -0.3 is 20.3 Å². The van der Waals surface area contributed by atoms with Crippen LogP contribution in [-0.2, 0) is 13.1 Å². The Morgan fingerprint density at radius 1 is 1.17 bits per heavy atom. The number of aryl methyl sites for hydroxylation is 1. The lowest BCUT2D eigenvalue weighted by Gasteiger charge is -2.26. The van der Waals surface area contributed by atoms with Crippen LogP contribution in [0.2, 0.25) is 0 Å². The van der Waals surface area contributed by atoms with E-state index in [2.05, 4.69) is 43.7 Å². The summed E-state index contributed by atoms with van der Waals surface area (Å²) < 4.78 is 2.03. The van der Waals surface area contributed by atoms with Gasteiger partial charge in [0.25, 0.3) is 0 Å². The predicted molar refractivity (Wildman–Crippen MR) is 117 cm³/mol. The van der Waals surface area contributed by atoms with Gasteiger partial charge in [0.05, 0.1) is 0 Å². The lowest BCUT2D eigenvalue weighted by atomic mass is 10.1. The summed E-state index contributed by atoms with van der Waals surface area (Å²) in [4.78, 5) is 22.2. The fourth-order valence-corrected chi connectivity index (χ4v) is 3.91. The van der Waals surface area contributed by atoms with Gasteiger partial charge in [0.1, 0.15) is 5.65 Å². The third kappa shape index (κ3) is 5.27. The highest BCUT2D eigenvalue weighted by molar-refractivity contribution is 5.76. The van der Waals surface area contributed by atoms with E-state index in [-0.39, 0.29) is 0 Å². The number of aromatic nitrogens is 3. The van der Waals surface area contributed by atoms with E-state index < -0.39 is 6.09 Å². The van der Waals surface area contributed by atoms with Crippen molar-refractivity contribution < 1.29 is 9.90 Å². The Labute approximate surface area is 175 Å². The first kappa shape index (κ1) is 20.2. The Morgan fingerprint density at radius 2 is 2.03 bits per heavy atom. The molecule has 0 saturated carbocycles. The highest BCUT2D eigenvalue weighted by Crippen LogP contribution is 2.20. The summed E-state index contributed by atoms with van der Waals surface area (Å²) in [5.41, 5.74) is 3.11. The van der Waals surface area contributed by atoms with Crippen LogP contribution in [0.3, 0.4) is 0 Å². The second kappa shape index (κ2) is 9.58. The van der Waals surface area contributed by atoms with Crippen LogP contribution in [0.25, 0.3) is 11.0 Å². The van der Waals surface area contributed by atoms with E-state index in [9.17, 15) is 4.79 Å². The van der Waals surface area contributed by atoms with Gasteiger partial charge in [0, 0.05) is 43.1 Å². The SMILES string of the molecule is O=C(O)NCCCn1ccc2cnc(Nc3cccc(CN4CCCCC4)c3)nc21. The molecule has 1 aliphatic heterocycles. The number of fused-ring (bicyclic) bond motifs is 1. The minimum absolute atomic E-state index is 0.412. The number of rotatable bonds is 8. The maximum Gasteiger partial charge on any atom is 0.404 e. The fraction of sp³-hybridized carbons (Fsp3) is 0.409. The molecule has 3 N–H and O–H groups in total. The first-order valence-electron chi connectivity index (χ1n) is 10.5. The van der Waals surface area contributed by atoms with Gasteiger partial charge in [0.15, 0.2) is 0 Å². The molecule has 1 saturated heterocycles. The molecular weight excluding hydrogens is 380 g/mol. The van der Waals surface area contributed by atoms with Gasteiger partial charge in [-0.15, -0.1) is 0 Å². The maximum atomic E-state index is 10.6. The largest absolute Gasteiger partial charge is 0.465 e. The lowest BCUT2D eigenvalue weighted by molar-refractivity contribution is 0.194. The van der Waals surface area contributed by atoms with Crippen molar-refractivity contribution >= 4 is 28.8 Å². The maximum absolute atomic E-state index is 10.6. The zero-order valence-electron chi connectivity index (χ0n) is 17.0. The van der Waals surface area contributed by atoms with Crippen LogP contribution < -0.4 is 10.6 Å². The van der Waals surface area contributed by atoms with Gasteiger partial charge in [-0.2, -0.15) is 4.98 Å². The van der Waals surface area contributed by atoms with Crippen molar-refractivity contribution in [3.63, 3.8) is 0 Å². The normalized spacial score (nSPS) is 14.7. The molecule has 4 rings (SSSR count). The van der Waals surface area contributed by atoms with Gasteiger partial charge in [-0.3, -0.25) is 4.90 Å². The third-order valence-corrected chi connectivity index (χ3v) is 5.39. The van der Waals surface area contributed by atoms with E-state index in [1.54, 1.807) is 0 Å². The number of nitrogens with zero attached hydrogens (tertiary/aromatic N) is 4. The average Bonchev–Trinajstić information content (AvgIpc) is 3.14. The first-order valence-corrected chi connectivity index (χ1v) is 10.5. The molecule has 3 aromatic rings. The first-order chi connectivity index (χ1) is 14.7. The summed E-state index contributed by atoms with van der Waals surface area (Å²) in [6.45, 7) is 4.43. The molecule has 1 aromatic carbocycles. The van der Waals surface area contributed by atoms with E-state index in [4.69, 9.17) is 5.11 Å². The monoisotopic (exact) mass is 408 g/mol. The molecule has 0 atom stereocenters. The van der Waals surface area contributed by atoms with E-state index in [1.807, 2.05) is 29.1 Å². The highest BCUT2D eigenvalue weighted by atomic mass is 16.4. The Morgan fingerprint density at radius 3 is 2.87 bits per heavy atom. The molecule has 1 amide bonds. The summed E-state index contributed by atoms with van der Waals surface area (Å²) in [6, 6.07) is 10.4. The number of piperidine rings is 1. The van der Waals surface area contributed by atoms with Crippen LogP contribution in [0.4, 0.5) is 16.4 Å². The van der Waals surface area contributed by atoms with Gasteiger partial charge in [0.2, 0.25) is 5.95 Å². The minimum atomic E-state index is -0.997. The molecule has 0 unspecified atom stereocenters. The molecule has 1 fully saturated rings. The third-order valence-electron chi connectivity index (χ3n) is 5.39. The Kier molecular flexibility index (Phi) is 6.44. The van der Waals surface area contributed by atoms with Crippen LogP contribution >= 0.6 is 0 Å². The summed E-state index contributed by atoms with van der Waals surface area (Å²) in [6.07, 6.45) is 7.40. The zero-order valence-corrected chi connectivity index (χ0v) is 17.0. The van der Waals surface area contributed by atoms with Gasteiger partial charge in [-0.25, -0.2) is 9.78 Å². The van der Waals surface area contributed by atoms with Crippen molar-refractivity contribution in [2.24, 2.45) is 0 Å². The summed E-state index contributed by atoms with van der Waals surface area (Å²) >= 11 is 0. The zero-order chi connectivity index (χ0) is 20.8. The number of benzene rings is 1. The van der Waals surface area contributed by atoms with Crippen LogP contribution in [0.15, 0.2) is 42.7 Å². The number of carboxylic acid groups (broad SMARTS) is 1. The standard InChI is InChI=1S/C22H28N6O2/c29-22(30)23-9-5-12-28-13-8-18-15-24-21(26-20(18)28)25-19-7-4-6-17(14-19)16-27-10-2-1-3-11-27/h4,6-8,13-15,23H,1-3,5,9-12,16H2,(H,29,30)(H,24,25,26). The topological polar surface area (TPSA) is 95.3 Å². The molecule has 8 nitrogen and oxygen atoms in total. The molecule has 0 radical (unpaired) electrons. The van der Waals surface area contributed by atoms with E-state index in [1.165, 1.54) is 37.9 Å². The predicted octanol–water partition coefficient (Wildman–Crippen LogP) is 3.82. The second-order valence-electron chi connectivity index (χ2n) is 7.73. The smallest absolute Gasteiger partial charge is 0.404 e. The Hall–Kier alpha value is -3.13. The van der Waals surface area contributed by atoms with Crippen molar-refractivity contribution in [3.05, 3.63) is 48.3 Å². The van der Waals surface area contributed by atoms with Crippen molar-refractivity contribution in [1.82, 2.24) is 24.8 Å². The molecule has 2 aromatic heterocycles. The van der Waals surface area contributed by atoms with Gasteiger partial charge in [-0.05, 0) is 56.1 Å². The summed E-state index contributed by atoms with van der Waals surface area (Å²) in [5.74, 6) is 0.557. The molecule has 8 heteroatoms. The quantitative estimate of drug-likeness (QED) is 0.491. The fourth-order valence-electron chi connectivity index (χ4n) is 3.91. The van der Waals surface area contributed by atoms with Gasteiger partial charge in [-0.1, -0.05) is 18.6 Å². The number of hydrogen-bond donors (Lipinski definition) is 3.